The van der Waals surface area contributed by atoms with Crippen molar-refractivity contribution in [3.8, 4) is 11.6 Å². The molecule has 1 aromatic heterocycles. The molecule has 0 spiro atoms. The molecule has 122 valence electrons. The second-order valence-corrected chi connectivity index (χ2v) is 4.91. The average Bonchev–Trinajstić information content (AvgIpc) is 2.59. The fraction of sp³-hybridized carbons (Fsp3) is 0.294. The van der Waals surface area contributed by atoms with Crippen molar-refractivity contribution < 1.29 is 9.47 Å². The van der Waals surface area contributed by atoms with E-state index in [1.165, 1.54) is 0 Å². The second-order valence-electron chi connectivity index (χ2n) is 4.91. The van der Waals surface area contributed by atoms with E-state index in [9.17, 15) is 0 Å². The number of rotatable bonds is 7. The Kier molecular flexibility index (Phi) is 6.23. The van der Waals surface area contributed by atoms with Crippen LogP contribution in [-0.4, -0.2) is 24.7 Å². The molecule has 2 rings (SSSR count). The molecule has 6 heteroatoms. The van der Waals surface area contributed by atoms with Gasteiger partial charge in [-0.15, -0.1) is 0 Å². The monoisotopic (exact) mass is 314 g/mol. The summed E-state index contributed by atoms with van der Waals surface area (Å²) in [4.78, 5) is 8.53. The van der Waals surface area contributed by atoms with Crippen molar-refractivity contribution in [3.63, 3.8) is 0 Å². The molecule has 0 unspecified atom stereocenters. The van der Waals surface area contributed by atoms with E-state index in [2.05, 4.69) is 22.2 Å². The van der Waals surface area contributed by atoms with Crippen LogP contribution in [0.4, 0.5) is 5.69 Å². The number of methoxy groups -OCH3 is 1. The van der Waals surface area contributed by atoms with Gasteiger partial charge in [-0.2, -0.15) is 0 Å². The van der Waals surface area contributed by atoms with Crippen molar-refractivity contribution in [2.24, 2.45) is 10.7 Å². The normalized spacial score (nSPS) is 11.1. The van der Waals surface area contributed by atoms with Crippen molar-refractivity contribution >= 4 is 11.6 Å². The fourth-order valence-corrected chi connectivity index (χ4v) is 1.86. The molecule has 0 aliphatic carbocycles. The van der Waals surface area contributed by atoms with Gasteiger partial charge in [0.15, 0.2) is 5.96 Å². The summed E-state index contributed by atoms with van der Waals surface area (Å²) in [5.74, 6) is 1.72. The van der Waals surface area contributed by atoms with Gasteiger partial charge in [-0.25, -0.2) is 9.98 Å². The van der Waals surface area contributed by atoms with Crippen molar-refractivity contribution in [1.29, 1.82) is 0 Å². The van der Waals surface area contributed by atoms with E-state index in [1.54, 1.807) is 13.3 Å². The summed E-state index contributed by atoms with van der Waals surface area (Å²) in [6.07, 6.45) is 2.70. The van der Waals surface area contributed by atoms with E-state index in [0.29, 0.717) is 25.0 Å². The number of hydrogen-bond donors (Lipinski definition) is 2. The molecule has 0 fully saturated rings. The summed E-state index contributed by atoms with van der Waals surface area (Å²) in [7, 11) is 1.62. The smallest absolute Gasteiger partial charge is 0.213 e. The van der Waals surface area contributed by atoms with Crippen LogP contribution in [-0.2, 0) is 6.54 Å². The van der Waals surface area contributed by atoms with Gasteiger partial charge < -0.3 is 20.5 Å². The van der Waals surface area contributed by atoms with E-state index in [0.717, 1.165) is 23.4 Å². The summed E-state index contributed by atoms with van der Waals surface area (Å²) in [6, 6.07) is 11.3. The molecule has 23 heavy (non-hydrogen) atoms. The Balaban J connectivity index is 1.90. The fourth-order valence-electron chi connectivity index (χ4n) is 1.86. The van der Waals surface area contributed by atoms with Gasteiger partial charge in [0.1, 0.15) is 5.75 Å². The average molecular weight is 314 g/mol. The first-order valence-electron chi connectivity index (χ1n) is 7.50. The Morgan fingerprint density at radius 3 is 2.87 bits per heavy atom. The van der Waals surface area contributed by atoms with E-state index in [-0.39, 0.29) is 0 Å². The van der Waals surface area contributed by atoms with Crippen LogP contribution in [0.25, 0.3) is 0 Å². The van der Waals surface area contributed by atoms with E-state index in [4.69, 9.17) is 15.2 Å². The molecule has 1 aromatic carbocycles. The van der Waals surface area contributed by atoms with E-state index >= 15 is 0 Å². The first-order chi connectivity index (χ1) is 11.2. The van der Waals surface area contributed by atoms with Crippen LogP contribution < -0.4 is 20.5 Å². The zero-order valence-corrected chi connectivity index (χ0v) is 13.5. The minimum Gasteiger partial charge on any atom is -0.497 e. The SMILES string of the molecule is CCCOc1ccc(CN=C(N)Nc2cccc(OC)c2)cn1. The minimum absolute atomic E-state index is 0.338. The third-order valence-corrected chi connectivity index (χ3v) is 3.03. The number of hydrogen-bond acceptors (Lipinski definition) is 4. The molecule has 0 bridgehead atoms. The van der Waals surface area contributed by atoms with Crippen molar-refractivity contribution in [2.75, 3.05) is 19.0 Å². The summed E-state index contributed by atoms with van der Waals surface area (Å²) in [5, 5.41) is 3.03. The predicted octanol–water partition coefficient (Wildman–Crippen LogP) is 2.81. The molecule has 0 atom stereocenters. The van der Waals surface area contributed by atoms with E-state index < -0.39 is 0 Å². The highest BCUT2D eigenvalue weighted by atomic mass is 16.5. The molecule has 0 amide bonds. The van der Waals surface area contributed by atoms with Crippen LogP contribution in [0.2, 0.25) is 0 Å². The highest BCUT2D eigenvalue weighted by molar-refractivity contribution is 5.92. The number of guanidine groups is 1. The first kappa shape index (κ1) is 16.6. The number of pyridine rings is 1. The van der Waals surface area contributed by atoms with Crippen LogP contribution in [0.3, 0.4) is 0 Å². The Bertz CT molecular complexity index is 641. The van der Waals surface area contributed by atoms with Crippen molar-refractivity contribution in [3.05, 3.63) is 48.2 Å². The number of nitrogens with two attached hydrogens (primary N) is 1. The van der Waals surface area contributed by atoms with Gasteiger partial charge in [0.25, 0.3) is 0 Å². The molecule has 6 nitrogen and oxygen atoms in total. The third-order valence-electron chi connectivity index (χ3n) is 3.03. The van der Waals surface area contributed by atoms with Gasteiger partial charge in [0, 0.05) is 24.0 Å². The topological polar surface area (TPSA) is 81.8 Å². The summed E-state index contributed by atoms with van der Waals surface area (Å²) in [5.41, 5.74) is 7.68. The molecule has 0 radical (unpaired) electrons. The maximum absolute atomic E-state index is 5.89. The molecule has 1 heterocycles. The van der Waals surface area contributed by atoms with Gasteiger partial charge in [0.05, 0.1) is 20.3 Å². The van der Waals surface area contributed by atoms with Crippen LogP contribution in [0.1, 0.15) is 18.9 Å². The van der Waals surface area contributed by atoms with Crippen LogP contribution in [0.15, 0.2) is 47.6 Å². The molecule has 0 saturated heterocycles. The molecular formula is C17H22N4O2. The molecule has 0 aliphatic heterocycles. The second kappa shape index (κ2) is 8.63. The number of aliphatic imine (C=N–C) groups is 1. The Morgan fingerprint density at radius 1 is 1.30 bits per heavy atom. The zero-order chi connectivity index (χ0) is 16.5. The van der Waals surface area contributed by atoms with Crippen molar-refractivity contribution in [1.82, 2.24) is 4.98 Å². The number of nitrogens with zero attached hydrogens (tertiary/aromatic N) is 2. The van der Waals surface area contributed by atoms with Gasteiger partial charge in [0.2, 0.25) is 5.88 Å². The Morgan fingerprint density at radius 2 is 2.17 bits per heavy atom. The van der Waals surface area contributed by atoms with Crippen molar-refractivity contribution in [2.45, 2.75) is 19.9 Å². The third kappa shape index (κ3) is 5.50. The maximum Gasteiger partial charge on any atom is 0.213 e. The van der Waals surface area contributed by atoms with Crippen LogP contribution in [0.5, 0.6) is 11.6 Å². The predicted molar refractivity (Wildman–Crippen MR) is 92.0 cm³/mol. The largest absolute Gasteiger partial charge is 0.497 e. The van der Waals surface area contributed by atoms with Crippen LogP contribution in [0, 0.1) is 0 Å². The lowest BCUT2D eigenvalue weighted by Crippen LogP contribution is -2.22. The lowest BCUT2D eigenvalue weighted by molar-refractivity contribution is 0.305. The first-order valence-corrected chi connectivity index (χ1v) is 7.50. The van der Waals surface area contributed by atoms with Gasteiger partial charge in [-0.05, 0) is 24.1 Å². The highest BCUT2D eigenvalue weighted by Crippen LogP contribution is 2.16. The minimum atomic E-state index is 0.338. The summed E-state index contributed by atoms with van der Waals surface area (Å²) < 4.78 is 10.6. The standard InChI is InChI=1S/C17H22N4O2/c1-3-9-23-16-8-7-13(11-19-16)12-20-17(18)21-14-5-4-6-15(10-14)22-2/h4-8,10-11H,3,9,12H2,1-2H3,(H3,18,20,21). The van der Waals surface area contributed by atoms with Gasteiger partial charge >= 0.3 is 0 Å². The molecule has 0 aliphatic rings. The Hall–Kier alpha value is -2.76. The van der Waals surface area contributed by atoms with E-state index in [1.807, 2.05) is 36.4 Å². The molecule has 2 aromatic rings. The van der Waals surface area contributed by atoms with Gasteiger partial charge in [-0.1, -0.05) is 19.1 Å². The van der Waals surface area contributed by atoms with Crippen LogP contribution >= 0.6 is 0 Å². The number of aromatic nitrogens is 1. The maximum atomic E-state index is 5.89. The summed E-state index contributed by atoms with van der Waals surface area (Å²) in [6.45, 7) is 3.17. The number of ether oxygens (including phenoxy) is 2. The highest BCUT2D eigenvalue weighted by Gasteiger charge is 1.99. The van der Waals surface area contributed by atoms with Gasteiger partial charge in [-0.3, -0.25) is 0 Å². The molecule has 0 saturated carbocycles. The lowest BCUT2D eigenvalue weighted by atomic mass is 10.3. The Labute approximate surface area is 136 Å². The number of benzene rings is 1. The number of anilines is 1. The summed E-state index contributed by atoms with van der Waals surface area (Å²) >= 11 is 0. The lowest BCUT2D eigenvalue weighted by Gasteiger charge is -2.07. The molecular weight excluding hydrogens is 292 g/mol. The quantitative estimate of drug-likeness (QED) is 0.606. The molecule has 3 N–H and O–H groups in total. The zero-order valence-electron chi connectivity index (χ0n) is 13.5. The number of nitrogens with one attached hydrogen (secondary N) is 1.